The molecule has 0 bridgehead atoms. The number of carbonyl (C=O) groups is 2. The molecule has 0 spiro atoms. The summed E-state index contributed by atoms with van der Waals surface area (Å²) >= 11 is 5.77. The van der Waals surface area contributed by atoms with Gasteiger partial charge in [-0.2, -0.15) is 0 Å². The predicted molar refractivity (Wildman–Crippen MR) is 145 cm³/mol. The molecule has 2 aliphatic rings. The Labute approximate surface area is 221 Å². The molecule has 1 fully saturated rings. The molecule has 10 nitrogen and oxygen atoms in total. The van der Waals surface area contributed by atoms with E-state index in [1.54, 1.807) is 30.3 Å². The summed E-state index contributed by atoms with van der Waals surface area (Å²) in [6.45, 7) is 4.57. The van der Waals surface area contributed by atoms with Gasteiger partial charge in [-0.3, -0.25) is 14.4 Å². The number of amides is 1. The Kier molecular flexibility index (Phi) is 9.79. The van der Waals surface area contributed by atoms with Gasteiger partial charge in [-0.05, 0) is 55.4 Å². The number of hydrogen-bond donors (Lipinski definition) is 3. The zero-order chi connectivity index (χ0) is 27.0. The van der Waals surface area contributed by atoms with Crippen molar-refractivity contribution in [2.75, 3.05) is 55.2 Å². The van der Waals surface area contributed by atoms with Crippen LogP contribution >= 0.6 is 11.6 Å². The normalized spacial score (nSPS) is 15.4. The van der Waals surface area contributed by atoms with Gasteiger partial charge >= 0.3 is 5.97 Å². The van der Waals surface area contributed by atoms with Crippen LogP contribution in [0.4, 0.5) is 11.4 Å². The SMILES string of the molecule is CS(=O)(=O)Nc1cccc(N2CCN(CCCC(N)=O)CC2)c1.O=C(O)C1=Cc2cc(Cl)ccc2OC1. The lowest BCUT2D eigenvalue weighted by molar-refractivity contribution is -0.133. The minimum absolute atomic E-state index is 0.101. The second kappa shape index (κ2) is 12.8. The fourth-order valence-corrected chi connectivity index (χ4v) is 4.69. The molecular formula is C25H31ClN4O6S. The van der Waals surface area contributed by atoms with Crippen LogP contribution in [0, 0.1) is 0 Å². The number of sulfonamides is 1. The first-order chi connectivity index (χ1) is 17.5. The third-order valence-electron chi connectivity index (χ3n) is 5.74. The molecule has 0 unspecified atom stereocenters. The summed E-state index contributed by atoms with van der Waals surface area (Å²) in [7, 11) is -3.27. The third kappa shape index (κ3) is 9.27. The van der Waals surface area contributed by atoms with E-state index < -0.39 is 16.0 Å². The molecule has 200 valence electrons. The summed E-state index contributed by atoms with van der Waals surface area (Å²) in [4.78, 5) is 26.0. The van der Waals surface area contributed by atoms with Crippen molar-refractivity contribution in [2.45, 2.75) is 12.8 Å². The number of primary amides is 1. The molecule has 0 radical (unpaired) electrons. The van der Waals surface area contributed by atoms with Crippen molar-refractivity contribution in [2.24, 2.45) is 5.73 Å². The Morgan fingerprint density at radius 1 is 1.14 bits per heavy atom. The molecule has 2 aromatic carbocycles. The summed E-state index contributed by atoms with van der Waals surface area (Å²) in [5.41, 5.74) is 7.68. The van der Waals surface area contributed by atoms with E-state index in [0.29, 0.717) is 28.4 Å². The number of nitrogens with zero attached hydrogens (tertiary/aromatic N) is 2. The minimum atomic E-state index is -3.27. The zero-order valence-electron chi connectivity index (χ0n) is 20.5. The molecule has 2 aliphatic heterocycles. The largest absolute Gasteiger partial charge is 0.488 e. The van der Waals surface area contributed by atoms with E-state index in [2.05, 4.69) is 14.5 Å². The lowest BCUT2D eigenvalue weighted by atomic mass is 10.1. The van der Waals surface area contributed by atoms with Gasteiger partial charge in [0.15, 0.2) is 0 Å². The highest BCUT2D eigenvalue weighted by molar-refractivity contribution is 7.92. The Hall–Kier alpha value is -3.28. The summed E-state index contributed by atoms with van der Waals surface area (Å²) in [6.07, 6.45) is 3.94. The first kappa shape index (κ1) is 28.3. The number of rotatable bonds is 8. The van der Waals surface area contributed by atoms with Gasteiger partial charge in [0.2, 0.25) is 15.9 Å². The van der Waals surface area contributed by atoms with Crippen molar-refractivity contribution in [1.82, 2.24) is 4.90 Å². The van der Waals surface area contributed by atoms with E-state index in [1.165, 1.54) is 0 Å². The van der Waals surface area contributed by atoms with Crippen LogP contribution in [0.1, 0.15) is 18.4 Å². The van der Waals surface area contributed by atoms with E-state index in [1.807, 2.05) is 18.2 Å². The Balaban J connectivity index is 0.000000231. The zero-order valence-corrected chi connectivity index (χ0v) is 22.1. The second-order valence-electron chi connectivity index (χ2n) is 8.77. The Morgan fingerprint density at radius 2 is 1.86 bits per heavy atom. The standard InChI is InChI=1S/C15H24N4O3S.C10H7ClO3/c1-23(21,22)17-13-4-2-5-14(12-13)19-10-8-18(9-11-19)7-3-6-15(16)20;11-8-1-2-9-6(4-8)3-7(5-14-9)10(12)13/h2,4-5,12,17H,3,6-11H2,1H3,(H2,16,20);1-4H,5H2,(H,12,13). The average Bonchev–Trinajstić information content (AvgIpc) is 2.83. The number of ether oxygens (including phenoxy) is 1. The number of carboxylic acids is 1. The lowest BCUT2D eigenvalue weighted by Gasteiger charge is -2.36. The highest BCUT2D eigenvalue weighted by Crippen LogP contribution is 2.29. The molecule has 2 heterocycles. The van der Waals surface area contributed by atoms with Crippen LogP contribution in [-0.2, 0) is 19.6 Å². The number of nitrogens with two attached hydrogens (primary N) is 1. The van der Waals surface area contributed by atoms with Crippen LogP contribution in [0.3, 0.4) is 0 Å². The number of carboxylic acid groups (broad SMARTS) is 1. The molecule has 1 saturated heterocycles. The molecule has 12 heteroatoms. The van der Waals surface area contributed by atoms with Gasteiger partial charge < -0.3 is 20.5 Å². The topological polar surface area (TPSA) is 142 Å². The first-order valence-corrected chi connectivity index (χ1v) is 14.0. The minimum Gasteiger partial charge on any atom is -0.488 e. The number of halogens is 1. The van der Waals surface area contributed by atoms with E-state index in [9.17, 15) is 18.0 Å². The Bertz CT molecular complexity index is 1260. The van der Waals surface area contributed by atoms with Gasteiger partial charge in [0.25, 0.3) is 0 Å². The van der Waals surface area contributed by atoms with Crippen LogP contribution in [0.25, 0.3) is 6.08 Å². The van der Waals surface area contributed by atoms with Gasteiger partial charge in [0.05, 0.1) is 17.5 Å². The number of aliphatic carboxylic acids is 1. The van der Waals surface area contributed by atoms with Crippen LogP contribution in [0.5, 0.6) is 5.75 Å². The van der Waals surface area contributed by atoms with Crippen molar-refractivity contribution >= 4 is 51.0 Å². The fraction of sp³-hybridized carbons (Fsp3) is 0.360. The average molecular weight is 551 g/mol. The summed E-state index contributed by atoms with van der Waals surface area (Å²) in [6, 6.07) is 12.5. The maximum Gasteiger partial charge on any atom is 0.335 e. The van der Waals surface area contributed by atoms with Crippen molar-refractivity contribution in [3.63, 3.8) is 0 Å². The summed E-state index contributed by atoms with van der Waals surface area (Å²) < 4.78 is 30.4. The number of hydrogen-bond acceptors (Lipinski definition) is 7. The number of fused-ring (bicyclic) bond motifs is 1. The highest BCUT2D eigenvalue weighted by atomic mass is 35.5. The molecular weight excluding hydrogens is 520 g/mol. The summed E-state index contributed by atoms with van der Waals surface area (Å²) in [5, 5.41) is 9.32. The number of nitrogens with one attached hydrogen (secondary N) is 1. The van der Waals surface area contributed by atoms with Gasteiger partial charge in [-0.25, -0.2) is 13.2 Å². The molecule has 4 rings (SSSR count). The van der Waals surface area contributed by atoms with Gasteiger partial charge in [0.1, 0.15) is 12.4 Å². The van der Waals surface area contributed by atoms with Crippen molar-refractivity contribution in [1.29, 1.82) is 0 Å². The number of carbonyl (C=O) groups excluding carboxylic acids is 1. The molecule has 2 aromatic rings. The van der Waals surface area contributed by atoms with Crippen LogP contribution in [0.15, 0.2) is 48.0 Å². The maximum atomic E-state index is 11.3. The highest BCUT2D eigenvalue weighted by Gasteiger charge is 2.18. The first-order valence-electron chi connectivity index (χ1n) is 11.7. The van der Waals surface area contributed by atoms with E-state index >= 15 is 0 Å². The molecule has 37 heavy (non-hydrogen) atoms. The third-order valence-corrected chi connectivity index (χ3v) is 6.59. The quantitative estimate of drug-likeness (QED) is 0.455. The molecule has 4 N–H and O–H groups in total. The van der Waals surface area contributed by atoms with Crippen molar-refractivity contribution in [3.8, 4) is 5.75 Å². The number of piperazine rings is 1. The molecule has 0 aromatic heterocycles. The van der Waals surface area contributed by atoms with Crippen molar-refractivity contribution < 1.29 is 27.9 Å². The van der Waals surface area contributed by atoms with Gasteiger partial charge in [-0.1, -0.05) is 17.7 Å². The molecule has 0 saturated carbocycles. The molecule has 0 atom stereocenters. The van der Waals surface area contributed by atoms with Gasteiger partial charge in [0, 0.05) is 48.9 Å². The maximum absolute atomic E-state index is 11.3. The smallest absolute Gasteiger partial charge is 0.335 e. The fourth-order valence-electron chi connectivity index (χ4n) is 3.96. The van der Waals surface area contributed by atoms with E-state index in [-0.39, 0.29) is 18.1 Å². The van der Waals surface area contributed by atoms with E-state index in [4.69, 9.17) is 27.2 Å². The lowest BCUT2D eigenvalue weighted by Crippen LogP contribution is -2.46. The van der Waals surface area contributed by atoms with Crippen LogP contribution in [-0.4, -0.2) is 75.9 Å². The van der Waals surface area contributed by atoms with Gasteiger partial charge in [-0.15, -0.1) is 0 Å². The monoisotopic (exact) mass is 550 g/mol. The summed E-state index contributed by atoms with van der Waals surface area (Å²) in [5.74, 6) is -0.547. The number of anilines is 2. The van der Waals surface area contributed by atoms with Crippen LogP contribution < -0.4 is 20.1 Å². The Morgan fingerprint density at radius 3 is 2.51 bits per heavy atom. The second-order valence-corrected chi connectivity index (χ2v) is 11.0. The van der Waals surface area contributed by atoms with Crippen molar-refractivity contribution in [3.05, 3.63) is 58.6 Å². The molecule has 1 amide bonds. The molecule has 0 aliphatic carbocycles. The number of benzene rings is 2. The predicted octanol–water partition coefficient (Wildman–Crippen LogP) is 2.65. The van der Waals surface area contributed by atoms with Crippen LogP contribution in [0.2, 0.25) is 5.02 Å². The van der Waals surface area contributed by atoms with E-state index in [0.717, 1.165) is 51.1 Å².